The van der Waals surface area contributed by atoms with E-state index in [9.17, 15) is 23.1 Å². The fraction of sp³-hybridized carbons (Fsp3) is 0.500. The van der Waals surface area contributed by atoms with Gasteiger partial charge in [-0.2, -0.15) is 13.2 Å². The Kier molecular flexibility index (Phi) is 8.67. The van der Waals surface area contributed by atoms with E-state index < -0.39 is 37.1 Å². The van der Waals surface area contributed by atoms with Crippen molar-refractivity contribution in [3.8, 4) is 11.8 Å². The molecule has 2 N–H and O–H groups in total. The van der Waals surface area contributed by atoms with E-state index in [1.165, 1.54) is 12.7 Å². The molecule has 1 fully saturated rings. The average Bonchev–Trinajstić information content (AvgIpc) is 3.41. The number of hydrogen-bond acceptors (Lipinski definition) is 8. The molecule has 36 heavy (non-hydrogen) atoms. The summed E-state index contributed by atoms with van der Waals surface area (Å²) in [5.41, 5.74) is 9.16. The van der Waals surface area contributed by atoms with Gasteiger partial charge in [0.05, 0.1) is 36.5 Å². The third-order valence-electron chi connectivity index (χ3n) is 4.90. The Morgan fingerprint density at radius 2 is 2.28 bits per heavy atom. The lowest BCUT2D eigenvalue weighted by molar-refractivity contribution is -0.173. The van der Waals surface area contributed by atoms with Crippen molar-refractivity contribution < 1.29 is 32.5 Å². The molecule has 0 saturated carbocycles. The van der Waals surface area contributed by atoms with Crippen LogP contribution in [0.5, 0.6) is 0 Å². The molecule has 3 unspecified atom stereocenters. The molecule has 1 aliphatic heterocycles. The summed E-state index contributed by atoms with van der Waals surface area (Å²) in [4.78, 5) is 28.1. The number of aliphatic hydroxyl groups excluding tert-OH is 1. The van der Waals surface area contributed by atoms with Crippen LogP contribution in [0.4, 0.5) is 19.0 Å². The van der Waals surface area contributed by atoms with Gasteiger partial charge in [0.1, 0.15) is 31.0 Å². The number of carbonyl (C=O) groups excluding carboxylic acids is 1. The summed E-state index contributed by atoms with van der Waals surface area (Å²) in [6.07, 6.45) is -2.33. The number of nitrogens with zero attached hydrogens (tertiary/aromatic N) is 8. The lowest BCUT2D eigenvalue weighted by atomic mass is 10.2. The molecular formula is C20H22F3N9O4. The predicted molar refractivity (Wildman–Crippen MR) is 120 cm³/mol. The summed E-state index contributed by atoms with van der Waals surface area (Å²) in [5.74, 6) is 3.38. The molecule has 0 radical (unpaired) electrons. The first-order chi connectivity index (χ1) is 17.2. The molecule has 1 saturated heterocycles. The number of carbonyl (C=O) groups is 1. The van der Waals surface area contributed by atoms with E-state index in [0.29, 0.717) is 16.6 Å². The summed E-state index contributed by atoms with van der Waals surface area (Å²) in [6, 6.07) is 0. The largest absolute Gasteiger partial charge is 0.471 e. The molecule has 1 amide bonds. The Morgan fingerprint density at radius 3 is 2.94 bits per heavy atom. The maximum Gasteiger partial charge on any atom is 0.471 e. The second-order valence-electron chi connectivity index (χ2n) is 7.65. The molecule has 192 valence electrons. The van der Waals surface area contributed by atoms with Gasteiger partial charge in [0, 0.05) is 31.6 Å². The predicted octanol–water partition coefficient (Wildman–Crippen LogP) is 1.62. The SMILES string of the molecule is CN(C)/C=N/c1ncnc2c1c(C#CCNC(=O)C(F)(F)F)cn2C1CC(OCN=[N+]=[N-])C(CO)O1. The average molecular weight is 509 g/mol. The number of aromatic nitrogens is 3. The molecule has 1 aliphatic rings. The van der Waals surface area contributed by atoms with Crippen LogP contribution < -0.4 is 5.32 Å². The van der Waals surface area contributed by atoms with Crippen molar-refractivity contribution in [2.45, 2.75) is 31.0 Å². The van der Waals surface area contributed by atoms with Crippen molar-refractivity contribution in [2.75, 3.05) is 34.0 Å². The smallest absolute Gasteiger partial charge is 0.394 e. The first-order valence-electron chi connectivity index (χ1n) is 10.4. The third kappa shape index (κ3) is 6.40. The van der Waals surface area contributed by atoms with Crippen LogP contribution in [0.25, 0.3) is 21.5 Å². The Hall–Kier alpha value is -3.90. The van der Waals surface area contributed by atoms with E-state index in [1.807, 2.05) is 0 Å². The first kappa shape index (κ1) is 26.7. The summed E-state index contributed by atoms with van der Waals surface area (Å²) >= 11 is 0. The van der Waals surface area contributed by atoms with Crippen LogP contribution in [0.2, 0.25) is 0 Å². The zero-order valence-corrected chi connectivity index (χ0v) is 19.2. The van der Waals surface area contributed by atoms with Crippen molar-refractivity contribution in [3.05, 3.63) is 28.5 Å². The van der Waals surface area contributed by atoms with Crippen molar-refractivity contribution in [1.29, 1.82) is 0 Å². The number of azide groups is 1. The van der Waals surface area contributed by atoms with E-state index in [0.717, 1.165) is 0 Å². The number of amides is 1. The number of aliphatic imine (C=N–C) groups is 1. The Bertz CT molecular complexity index is 1230. The quantitative estimate of drug-likeness (QED) is 0.136. The lowest BCUT2D eigenvalue weighted by Gasteiger charge is -2.15. The first-order valence-corrected chi connectivity index (χ1v) is 10.4. The molecule has 3 rings (SSSR count). The van der Waals surface area contributed by atoms with Crippen LogP contribution in [0.1, 0.15) is 18.2 Å². The fourth-order valence-corrected chi connectivity index (χ4v) is 3.38. The van der Waals surface area contributed by atoms with E-state index >= 15 is 0 Å². The summed E-state index contributed by atoms with van der Waals surface area (Å²) < 4.78 is 50.3. The van der Waals surface area contributed by atoms with Gasteiger partial charge < -0.3 is 29.4 Å². The number of hydrogen-bond donors (Lipinski definition) is 2. The third-order valence-corrected chi connectivity index (χ3v) is 4.90. The Labute approximate surface area is 202 Å². The van der Waals surface area contributed by atoms with Gasteiger partial charge in [0.2, 0.25) is 0 Å². The lowest BCUT2D eigenvalue weighted by Crippen LogP contribution is -2.36. The van der Waals surface area contributed by atoms with Gasteiger partial charge in [-0.1, -0.05) is 17.0 Å². The molecule has 16 heteroatoms. The van der Waals surface area contributed by atoms with E-state index in [2.05, 4.69) is 36.8 Å². The zero-order chi connectivity index (χ0) is 26.3. The standard InChI is InChI=1S/C20H22F3N9O4/c1-31(2)10-28-17-16-12(4-3-5-25-19(34)20(21,22)23)7-32(18(16)27-9-26-17)15-6-13(14(8-33)36-15)35-11-29-30-24/h7,9-10,13-15,33H,5-6,8,11H2,1-2H3,(H,25,34)/b28-10+. The highest BCUT2D eigenvalue weighted by atomic mass is 19.4. The summed E-state index contributed by atoms with van der Waals surface area (Å²) in [5, 5.41) is 15.1. The van der Waals surface area contributed by atoms with Gasteiger partial charge in [-0.3, -0.25) is 4.79 Å². The number of aliphatic hydroxyl groups is 1. The Morgan fingerprint density at radius 1 is 1.50 bits per heavy atom. The number of halogens is 3. The number of fused-ring (bicyclic) bond motifs is 1. The molecule has 0 aromatic carbocycles. The normalized spacial score (nSPS) is 19.7. The second kappa shape index (κ2) is 11.7. The number of alkyl halides is 3. The minimum absolute atomic E-state index is 0.244. The monoisotopic (exact) mass is 509 g/mol. The van der Waals surface area contributed by atoms with E-state index in [4.69, 9.17) is 15.0 Å². The van der Waals surface area contributed by atoms with Gasteiger partial charge in [-0.15, -0.1) is 0 Å². The van der Waals surface area contributed by atoms with Crippen LogP contribution in [-0.2, 0) is 14.3 Å². The maximum absolute atomic E-state index is 12.4. The zero-order valence-electron chi connectivity index (χ0n) is 19.2. The minimum atomic E-state index is -5.01. The van der Waals surface area contributed by atoms with Gasteiger partial charge >= 0.3 is 12.1 Å². The molecule has 3 heterocycles. The van der Waals surface area contributed by atoms with E-state index in [-0.39, 0.29) is 25.6 Å². The maximum atomic E-state index is 12.4. The minimum Gasteiger partial charge on any atom is -0.394 e. The van der Waals surface area contributed by atoms with Crippen LogP contribution in [-0.4, -0.2) is 89.1 Å². The molecule has 13 nitrogen and oxygen atoms in total. The molecule has 0 aliphatic carbocycles. The molecule has 3 atom stereocenters. The van der Waals surface area contributed by atoms with Crippen molar-refractivity contribution in [2.24, 2.45) is 10.1 Å². The highest BCUT2D eigenvalue weighted by molar-refractivity contribution is 5.93. The Balaban J connectivity index is 1.97. The molecule has 0 bridgehead atoms. The topological polar surface area (TPSA) is 163 Å². The highest BCUT2D eigenvalue weighted by Gasteiger charge is 2.38. The van der Waals surface area contributed by atoms with Crippen molar-refractivity contribution in [1.82, 2.24) is 24.8 Å². The van der Waals surface area contributed by atoms with Crippen molar-refractivity contribution in [3.63, 3.8) is 0 Å². The molecule has 2 aromatic rings. The molecule has 2 aromatic heterocycles. The van der Waals surface area contributed by atoms with Gasteiger partial charge in [0.15, 0.2) is 5.82 Å². The van der Waals surface area contributed by atoms with Crippen LogP contribution in [0.3, 0.4) is 0 Å². The summed E-state index contributed by atoms with van der Waals surface area (Å²) in [7, 11) is 3.52. The molecule has 0 spiro atoms. The highest BCUT2D eigenvalue weighted by Crippen LogP contribution is 2.36. The number of nitrogens with one attached hydrogen (secondary N) is 1. The van der Waals surface area contributed by atoms with E-state index in [1.54, 1.807) is 35.1 Å². The van der Waals surface area contributed by atoms with Gasteiger partial charge in [0.25, 0.3) is 0 Å². The van der Waals surface area contributed by atoms with Crippen molar-refractivity contribution >= 4 is 29.1 Å². The van der Waals surface area contributed by atoms with Crippen LogP contribution >= 0.6 is 0 Å². The molecular weight excluding hydrogens is 487 g/mol. The second-order valence-corrected chi connectivity index (χ2v) is 7.65. The summed E-state index contributed by atoms with van der Waals surface area (Å²) in [6.45, 7) is -1.14. The van der Waals surface area contributed by atoms with Gasteiger partial charge in [-0.25, -0.2) is 15.0 Å². The van der Waals surface area contributed by atoms with Crippen LogP contribution in [0.15, 0.2) is 22.6 Å². The fourth-order valence-electron chi connectivity index (χ4n) is 3.38. The van der Waals surface area contributed by atoms with Crippen LogP contribution in [0, 0.1) is 11.8 Å². The number of rotatable bonds is 8. The van der Waals surface area contributed by atoms with Gasteiger partial charge in [-0.05, 0) is 5.53 Å². The number of ether oxygens (including phenoxy) is 2.